The van der Waals surface area contributed by atoms with Crippen molar-refractivity contribution in [1.82, 2.24) is 19.9 Å². The van der Waals surface area contributed by atoms with Gasteiger partial charge >= 0.3 is 0 Å². The number of benzene rings is 1. The number of hydrogen-bond donors (Lipinski definition) is 0. The molecule has 2 heterocycles. The lowest BCUT2D eigenvalue weighted by atomic mass is 10.0. The third kappa shape index (κ3) is 5.86. The number of hydrogen-bond acceptors (Lipinski definition) is 6. The Hall–Kier alpha value is -1.76. The largest absolute Gasteiger partial charge is 0.385 e. The van der Waals surface area contributed by atoms with E-state index in [0.29, 0.717) is 17.6 Å². The molecule has 27 heavy (non-hydrogen) atoms. The van der Waals surface area contributed by atoms with Crippen molar-refractivity contribution in [3.05, 3.63) is 35.7 Å². The highest BCUT2D eigenvalue weighted by atomic mass is 16.5. The summed E-state index contributed by atoms with van der Waals surface area (Å²) in [6.07, 6.45) is 2.27. The van der Waals surface area contributed by atoms with Crippen molar-refractivity contribution in [2.45, 2.75) is 39.2 Å². The van der Waals surface area contributed by atoms with Gasteiger partial charge in [0.1, 0.15) is 0 Å². The van der Waals surface area contributed by atoms with Gasteiger partial charge in [0.05, 0.1) is 6.54 Å². The van der Waals surface area contributed by atoms with Crippen molar-refractivity contribution in [3.8, 4) is 11.4 Å². The second kappa shape index (κ2) is 9.97. The second-order valence-corrected chi connectivity index (χ2v) is 7.61. The maximum absolute atomic E-state index is 5.51. The van der Waals surface area contributed by atoms with Gasteiger partial charge in [-0.2, -0.15) is 4.98 Å². The molecule has 1 fully saturated rings. The molecule has 0 atom stereocenters. The Bertz CT molecular complexity index is 684. The van der Waals surface area contributed by atoms with Crippen LogP contribution < -0.4 is 0 Å². The first-order valence-electron chi connectivity index (χ1n) is 10.0. The molecule has 1 aromatic heterocycles. The average Bonchev–Trinajstić information content (AvgIpc) is 3.02. The Balaban J connectivity index is 1.53. The first-order chi connectivity index (χ1) is 13.2. The summed E-state index contributed by atoms with van der Waals surface area (Å²) in [4.78, 5) is 9.54. The first kappa shape index (κ1) is 20.0. The van der Waals surface area contributed by atoms with Gasteiger partial charge in [0.25, 0.3) is 0 Å². The highest BCUT2D eigenvalue weighted by molar-refractivity contribution is 5.54. The zero-order valence-corrected chi connectivity index (χ0v) is 16.9. The number of nitrogens with zero attached hydrogens (tertiary/aromatic N) is 4. The number of rotatable bonds is 8. The Morgan fingerprint density at radius 3 is 2.56 bits per heavy atom. The van der Waals surface area contributed by atoms with Crippen LogP contribution in [0.4, 0.5) is 0 Å². The van der Waals surface area contributed by atoms with Crippen molar-refractivity contribution in [2.24, 2.45) is 0 Å². The number of methoxy groups -OCH3 is 1. The number of ether oxygens (including phenoxy) is 1. The lowest BCUT2D eigenvalue weighted by Crippen LogP contribution is -2.31. The standard InChI is InChI=1S/C21H32N4O2/c1-17(2)18-6-8-19(9-7-18)21-22-20(27-23-21)16-25-11-4-10-24(13-14-25)12-5-15-26-3/h6-9,17H,4-5,10-16H2,1-3H3. The Morgan fingerprint density at radius 2 is 1.81 bits per heavy atom. The minimum atomic E-state index is 0.525. The quantitative estimate of drug-likeness (QED) is 0.662. The summed E-state index contributed by atoms with van der Waals surface area (Å²) < 4.78 is 10.7. The van der Waals surface area contributed by atoms with Gasteiger partial charge in [0.15, 0.2) is 0 Å². The van der Waals surface area contributed by atoms with E-state index in [1.54, 1.807) is 7.11 Å². The fraction of sp³-hybridized carbons (Fsp3) is 0.619. The average molecular weight is 373 g/mol. The molecule has 1 aromatic carbocycles. The van der Waals surface area contributed by atoms with Crippen molar-refractivity contribution in [2.75, 3.05) is 46.4 Å². The zero-order chi connectivity index (χ0) is 19.1. The molecule has 0 spiro atoms. The van der Waals surface area contributed by atoms with E-state index in [1.807, 2.05) is 0 Å². The highest BCUT2D eigenvalue weighted by Crippen LogP contribution is 2.21. The minimum absolute atomic E-state index is 0.525. The molecule has 6 nitrogen and oxygen atoms in total. The van der Waals surface area contributed by atoms with Gasteiger partial charge in [-0.25, -0.2) is 0 Å². The summed E-state index contributed by atoms with van der Waals surface area (Å²) in [5, 5.41) is 4.18. The monoisotopic (exact) mass is 372 g/mol. The van der Waals surface area contributed by atoms with E-state index in [0.717, 1.165) is 57.9 Å². The van der Waals surface area contributed by atoms with Crippen LogP contribution in [0.5, 0.6) is 0 Å². The van der Waals surface area contributed by atoms with Crippen molar-refractivity contribution in [1.29, 1.82) is 0 Å². The third-order valence-corrected chi connectivity index (χ3v) is 5.17. The smallest absolute Gasteiger partial charge is 0.241 e. The van der Waals surface area contributed by atoms with E-state index in [2.05, 4.69) is 58.1 Å². The van der Waals surface area contributed by atoms with Gasteiger partial charge < -0.3 is 14.2 Å². The topological polar surface area (TPSA) is 54.6 Å². The summed E-state index contributed by atoms with van der Waals surface area (Å²) in [5.74, 6) is 1.90. The van der Waals surface area contributed by atoms with Crippen LogP contribution in [0.15, 0.2) is 28.8 Å². The lowest BCUT2D eigenvalue weighted by molar-refractivity contribution is 0.171. The van der Waals surface area contributed by atoms with Crippen LogP contribution in [-0.2, 0) is 11.3 Å². The van der Waals surface area contributed by atoms with Crippen LogP contribution in [0.1, 0.15) is 44.1 Å². The Morgan fingerprint density at radius 1 is 1.07 bits per heavy atom. The molecule has 3 rings (SSSR count). The zero-order valence-electron chi connectivity index (χ0n) is 16.9. The third-order valence-electron chi connectivity index (χ3n) is 5.17. The molecule has 1 aliphatic heterocycles. The van der Waals surface area contributed by atoms with E-state index in [4.69, 9.17) is 9.26 Å². The van der Waals surface area contributed by atoms with Gasteiger partial charge in [-0.3, -0.25) is 4.90 Å². The summed E-state index contributed by atoms with van der Waals surface area (Å²) >= 11 is 0. The molecule has 148 valence electrons. The van der Waals surface area contributed by atoms with Crippen LogP contribution in [0.2, 0.25) is 0 Å². The molecule has 1 aliphatic rings. The normalized spacial score (nSPS) is 16.7. The van der Waals surface area contributed by atoms with Gasteiger partial charge in [0.2, 0.25) is 11.7 Å². The minimum Gasteiger partial charge on any atom is -0.385 e. The van der Waals surface area contributed by atoms with E-state index in [9.17, 15) is 0 Å². The predicted octanol–water partition coefficient (Wildman–Crippen LogP) is 3.40. The van der Waals surface area contributed by atoms with Crippen LogP contribution in [0, 0.1) is 0 Å². The van der Waals surface area contributed by atoms with Crippen LogP contribution >= 0.6 is 0 Å². The second-order valence-electron chi connectivity index (χ2n) is 7.61. The highest BCUT2D eigenvalue weighted by Gasteiger charge is 2.17. The molecule has 0 radical (unpaired) electrons. The van der Waals surface area contributed by atoms with Gasteiger partial charge in [-0.1, -0.05) is 43.3 Å². The van der Waals surface area contributed by atoms with Crippen molar-refractivity contribution >= 4 is 0 Å². The summed E-state index contributed by atoms with van der Waals surface area (Å²) in [6.45, 7) is 11.4. The molecule has 0 unspecified atom stereocenters. The van der Waals surface area contributed by atoms with Crippen molar-refractivity contribution < 1.29 is 9.26 Å². The molecule has 0 amide bonds. The van der Waals surface area contributed by atoms with Gasteiger partial charge in [0, 0.05) is 38.9 Å². The summed E-state index contributed by atoms with van der Waals surface area (Å²) in [6, 6.07) is 8.44. The lowest BCUT2D eigenvalue weighted by Gasteiger charge is -2.20. The number of aromatic nitrogens is 2. The molecule has 0 saturated carbocycles. The summed E-state index contributed by atoms with van der Waals surface area (Å²) in [5.41, 5.74) is 2.33. The maximum atomic E-state index is 5.51. The molecule has 0 bridgehead atoms. The molecule has 6 heteroatoms. The van der Waals surface area contributed by atoms with E-state index < -0.39 is 0 Å². The maximum Gasteiger partial charge on any atom is 0.241 e. The Kier molecular flexibility index (Phi) is 7.38. The Labute approximate surface area is 162 Å². The van der Waals surface area contributed by atoms with E-state index in [1.165, 1.54) is 12.0 Å². The van der Waals surface area contributed by atoms with E-state index >= 15 is 0 Å². The summed E-state index contributed by atoms with van der Waals surface area (Å²) in [7, 11) is 1.77. The molecule has 0 aliphatic carbocycles. The van der Waals surface area contributed by atoms with Gasteiger partial charge in [-0.05, 0) is 37.4 Å². The van der Waals surface area contributed by atoms with Gasteiger partial charge in [-0.15, -0.1) is 0 Å². The SMILES string of the molecule is COCCCN1CCCN(Cc2nc(-c3ccc(C(C)C)cc3)no2)CC1. The molecular weight excluding hydrogens is 340 g/mol. The molecular formula is C21H32N4O2. The van der Waals surface area contributed by atoms with Crippen LogP contribution in [0.25, 0.3) is 11.4 Å². The molecule has 1 saturated heterocycles. The van der Waals surface area contributed by atoms with Crippen LogP contribution in [-0.4, -0.2) is 66.4 Å². The molecule has 2 aromatic rings. The first-order valence-corrected chi connectivity index (χ1v) is 10.0. The van der Waals surface area contributed by atoms with Crippen molar-refractivity contribution in [3.63, 3.8) is 0 Å². The fourth-order valence-corrected chi connectivity index (χ4v) is 3.48. The van der Waals surface area contributed by atoms with Crippen LogP contribution in [0.3, 0.4) is 0 Å². The predicted molar refractivity (Wildman–Crippen MR) is 107 cm³/mol. The molecule has 0 N–H and O–H groups in total. The van der Waals surface area contributed by atoms with E-state index in [-0.39, 0.29) is 0 Å². The fourth-order valence-electron chi connectivity index (χ4n) is 3.48.